The van der Waals surface area contributed by atoms with E-state index >= 15 is 0 Å². The molecule has 8 heteroatoms. The normalized spacial score (nSPS) is 11.7. The molecule has 3 aromatic carbocycles. The number of carbonyl (C=O) groups excluding carboxylic acids is 2. The Morgan fingerprint density at radius 2 is 0.946 bits per heavy atom. The number of methoxy groups -OCH3 is 2. The molecule has 2 aliphatic carbocycles. The zero-order chi connectivity index (χ0) is 39.9. The van der Waals surface area contributed by atoms with E-state index in [1.165, 1.54) is 14.2 Å². The monoisotopic (exact) mass is 750 g/mol. The summed E-state index contributed by atoms with van der Waals surface area (Å²) < 4.78 is 29.3. The van der Waals surface area contributed by atoms with E-state index in [0.717, 1.165) is 86.6 Å². The van der Waals surface area contributed by atoms with Crippen molar-refractivity contribution in [1.82, 2.24) is 9.15 Å². The van der Waals surface area contributed by atoms with E-state index in [1.54, 1.807) is 12.1 Å². The highest BCUT2D eigenvalue weighted by molar-refractivity contribution is 6.17. The number of esters is 2. The quantitative estimate of drug-likeness (QED) is 0.0875. The molecule has 4 aliphatic rings. The summed E-state index contributed by atoms with van der Waals surface area (Å²) in [6.07, 6.45) is 0. The number of hydrogen-bond acceptors (Lipinski definition) is 6. The van der Waals surface area contributed by atoms with E-state index in [-0.39, 0.29) is 0 Å². The molecule has 2 heterocycles. The Balaban J connectivity index is 1.82. The first-order valence-electron chi connectivity index (χ1n) is 19.4. The molecule has 0 amide bonds. The van der Waals surface area contributed by atoms with E-state index in [1.807, 2.05) is 42.5 Å². The van der Waals surface area contributed by atoms with Crippen molar-refractivity contribution in [3.63, 3.8) is 0 Å². The Kier molecular flexibility index (Phi) is 10.4. The summed E-state index contributed by atoms with van der Waals surface area (Å²) in [5, 5.41) is 3.76. The molecule has 0 aromatic heterocycles. The van der Waals surface area contributed by atoms with E-state index in [9.17, 15) is 9.59 Å². The highest BCUT2D eigenvalue weighted by Crippen LogP contribution is 2.51. The number of benzene rings is 5. The molecule has 0 N–H and O–H groups in total. The summed E-state index contributed by atoms with van der Waals surface area (Å²) in [5.41, 5.74) is 7.40. The van der Waals surface area contributed by atoms with Crippen molar-refractivity contribution < 1.29 is 27.9 Å². The Morgan fingerprint density at radius 3 is 1.30 bits per heavy atom. The Hall–Kier alpha value is -6.02. The number of rotatable bonds is 8. The molecular weight excluding hydrogens is 701 g/mol. The Bertz CT molecular complexity index is 2550. The number of ether oxygens (including phenoxy) is 2. The third-order valence-electron chi connectivity index (χ3n) is 10.9. The summed E-state index contributed by atoms with van der Waals surface area (Å²) in [5.74, 6) is 0.491. The van der Waals surface area contributed by atoms with E-state index < -0.39 is 17.4 Å². The zero-order valence-electron chi connectivity index (χ0n) is 33.8. The van der Waals surface area contributed by atoms with Gasteiger partial charge in [-0.15, -0.1) is 0 Å². The van der Waals surface area contributed by atoms with Gasteiger partial charge in [0, 0.05) is 51.2 Å². The summed E-state index contributed by atoms with van der Waals surface area (Å²) in [6.45, 7) is 18.4. The zero-order valence-corrected chi connectivity index (χ0v) is 33.8. The molecule has 0 bridgehead atoms. The van der Waals surface area contributed by atoms with Crippen molar-refractivity contribution in [2.24, 2.45) is 0 Å². The second-order valence-electron chi connectivity index (χ2n) is 15.0. The second kappa shape index (κ2) is 15.3. The molecule has 0 unspecified atom stereocenters. The van der Waals surface area contributed by atoms with Gasteiger partial charge in [-0.1, -0.05) is 57.2 Å². The van der Waals surface area contributed by atoms with Crippen LogP contribution in [0.25, 0.3) is 66.8 Å². The Morgan fingerprint density at radius 1 is 0.554 bits per heavy atom. The lowest BCUT2D eigenvalue weighted by Crippen LogP contribution is -2.29. The predicted octanol–water partition coefficient (Wildman–Crippen LogP) is 9.22. The molecule has 0 saturated carbocycles. The molecule has 286 valence electrons. The molecule has 0 fully saturated rings. The molecule has 0 atom stereocenters. The van der Waals surface area contributed by atoms with Gasteiger partial charge in [-0.05, 0) is 74.1 Å². The molecule has 2 aliphatic heterocycles. The predicted molar refractivity (Wildman–Crippen MR) is 224 cm³/mol. The molecular formula is C48H50N2O6+2. The van der Waals surface area contributed by atoms with Crippen molar-refractivity contribution in [2.75, 3.05) is 40.4 Å². The average molecular weight is 751 g/mol. The van der Waals surface area contributed by atoms with Gasteiger partial charge >= 0.3 is 11.9 Å². The number of fused-ring (bicyclic) bond motifs is 4. The number of nitrogens with zero attached hydrogens (tertiary/aromatic N) is 2. The lowest BCUT2D eigenvalue weighted by atomic mass is 9.76. The fourth-order valence-electron chi connectivity index (χ4n) is 8.26. The maximum absolute atomic E-state index is 13.5. The van der Waals surface area contributed by atoms with Gasteiger partial charge in [0.05, 0.1) is 37.5 Å². The van der Waals surface area contributed by atoms with Gasteiger partial charge < -0.3 is 18.3 Å². The molecule has 7 rings (SSSR count). The van der Waals surface area contributed by atoms with Crippen molar-refractivity contribution in [2.45, 2.75) is 53.9 Å². The van der Waals surface area contributed by atoms with Crippen LogP contribution in [0.4, 0.5) is 0 Å². The molecule has 8 nitrogen and oxygen atoms in total. The van der Waals surface area contributed by atoms with Crippen LogP contribution in [0.15, 0.2) is 99.8 Å². The van der Waals surface area contributed by atoms with E-state index in [2.05, 4.69) is 94.0 Å². The standard InChI is InChI=1S/C48H50N2O6/c1-10-49(11-2)29-22-24-35-37(26-29)55-39-28-40-44(45(48(5,6)7)43(39)41(35)31-18-14-16-20-33(31)46(51)53-8)42(32-19-15-17-21-34(32)47(52)54-9)36-25-23-30(27-38(36)56-40)50(12-3)13-4/h14-28H,10-13H2,1-9H3/q+2. The maximum Gasteiger partial charge on any atom is 0.338 e. The first-order chi connectivity index (χ1) is 27.0. The first kappa shape index (κ1) is 38.3. The SMILES string of the molecule is CC[N+](CC)=c1ccc2c(-c3ccccc3C(=O)OC)c3c(C(C)(C)C)c4c(-c5ccccc5C(=O)OC)c5ccc(=[N+](CC)CC)cc-5oc4cc3oc-2c1. The van der Waals surface area contributed by atoms with Gasteiger partial charge in [-0.2, -0.15) is 0 Å². The van der Waals surface area contributed by atoms with Crippen LogP contribution in [0.3, 0.4) is 0 Å². The van der Waals surface area contributed by atoms with Gasteiger partial charge in [-0.3, -0.25) is 0 Å². The lowest BCUT2D eigenvalue weighted by molar-refractivity contribution is 0.0592. The maximum atomic E-state index is 13.5. The van der Waals surface area contributed by atoms with Gasteiger partial charge in [0.1, 0.15) is 48.9 Å². The number of carbonyl (C=O) groups is 2. The van der Waals surface area contributed by atoms with Crippen LogP contribution in [0.5, 0.6) is 0 Å². The van der Waals surface area contributed by atoms with Crippen molar-refractivity contribution in [1.29, 1.82) is 0 Å². The second-order valence-corrected chi connectivity index (χ2v) is 15.0. The topological polar surface area (TPSA) is 84.9 Å². The molecule has 3 aromatic rings. The average Bonchev–Trinajstić information content (AvgIpc) is 3.21. The van der Waals surface area contributed by atoms with Gasteiger partial charge in [0.15, 0.2) is 0 Å². The van der Waals surface area contributed by atoms with Crippen LogP contribution < -0.4 is 19.9 Å². The highest BCUT2D eigenvalue weighted by atomic mass is 16.5. The van der Waals surface area contributed by atoms with Crippen molar-refractivity contribution in [3.8, 4) is 44.9 Å². The third-order valence-corrected chi connectivity index (χ3v) is 10.9. The molecule has 0 spiro atoms. The van der Waals surface area contributed by atoms with Gasteiger partial charge in [0.25, 0.3) is 0 Å². The van der Waals surface area contributed by atoms with Crippen molar-refractivity contribution in [3.05, 3.63) is 118 Å². The molecule has 56 heavy (non-hydrogen) atoms. The molecule has 0 saturated heterocycles. The minimum absolute atomic E-state index is 0.432. The van der Waals surface area contributed by atoms with Crippen LogP contribution >= 0.6 is 0 Å². The largest absolute Gasteiger partial charge is 0.465 e. The van der Waals surface area contributed by atoms with Crippen molar-refractivity contribution >= 4 is 33.9 Å². The summed E-state index contributed by atoms with van der Waals surface area (Å²) in [4.78, 5) is 27.0. The van der Waals surface area contributed by atoms with Gasteiger partial charge in [-0.25, -0.2) is 18.7 Å². The Labute approximate surface area is 327 Å². The minimum atomic E-state index is -0.517. The summed E-state index contributed by atoms with van der Waals surface area (Å²) in [7, 11) is 2.81. The van der Waals surface area contributed by atoms with E-state index in [0.29, 0.717) is 33.8 Å². The fourth-order valence-corrected chi connectivity index (χ4v) is 8.26. The minimum Gasteiger partial charge on any atom is -0.465 e. The number of hydrogen-bond donors (Lipinski definition) is 0. The smallest absolute Gasteiger partial charge is 0.338 e. The van der Waals surface area contributed by atoms with E-state index in [4.69, 9.17) is 18.3 Å². The molecule has 0 radical (unpaired) electrons. The lowest BCUT2D eigenvalue weighted by Gasteiger charge is -2.29. The van der Waals surface area contributed by atoms with Crippen LogP contribution in [-0.2, 0) is 14.9 Å². The van der Waals surface area contributed by atoms with Crippen LogP contribution in [0.1, 0.15) is 74.7 Å². The van der Waals surface area contributed by atoms with Gasteiger partial charge in [0.2, 0.25) is 10.7 Å². The van der Waals surface area contributed by atoms with Crippen LogP contribution in [0, 0.1) is 0 Å². The summed E-state index contributed by atoms with van der Waals surface area (Å²) in [6, 6.07) is 29.7. The highest BCUT2D eigenvalue weighted by Gasteiger charge is 2.33. The fraction of sp³-hybridized carbons (Fsp3) is 0.292. The summed E-state index contributed by atoms with van der Waals surface area (Å²) >= 11 is 0. The van der Waals surface area contributed by atoms with Crippen LogP contribution in [0.2, 0.25) is 0 Å². The third kappa shape index (κ3) is 6.47. The van der Waals surface area contributed by atoms with Crippen LogP contribution in [-0.4, -0.2) is 52.3 Å². The first-order valence-corrected chi connectivity index (χ1v) is 19.4.